The highest BCUT2D eigenvalue weighted by atomic mass is 16.5. The van der Waals surface area contributed by atoms with Crippen LogP contribution in [-0.2, 0) is 16.0 Å². The number of nitrogens with one attached hydrogen (secondary N) is 1. The number of ether oxygens (including phenoxy) is 1. The quantitative estimate of drug-likeness (QED) is 0.913. The van der Waals surface area contributed by atoms with Gasteiger partial charge in [-0.2, -0.15) is 5.10 Å². The molecule has 132 valence electrons. The number of carbonyl (C=O) groups is 1. The predicted octanol–water partition coefficient (Wildman–Crippen LogP) is 1.55. The largest absolute Gasteiger partial charge is 0.367 e. The second kappa shape index (κ2) is 6.93. The van der Waals surface area contributed by atoms with Crippen molar-refractivity contribution in [1.29, 1.82) is 0 Å². The molecule has 1 amide bonds. The van der Waals surface area contributed by atoms with E-state index in [2.05, 4.69) is 20.1 Å². The van der Waals surface area contributed by atoms with Crippen LogP contribution in [-0.4, -0.2) is 58.3 Å². The first-order valence-electron chi connectivity index (χ1n) is 8.89. The van der Waals surface area contributed by atoms with Crippen LogP contribution in [0, 0.1) is 0 Å². The molecule has 1 aromatic carbocycles. The summed E-state index contributed by atoms with van der Waals surface area (Å²) < 4.78 is 5.85. The van der Waals surface area contributed by atoms with Crippen LogP contribution in [0.4, 0.5) is 5.69 Å². The standard InChI is InChI=1S/C18H23N5O2/c1-2-16-19-17(21-20-16)15-12-22(10-11-25-15)14-8-9-23(18(14)24)13-6-4-3-5-7-13/h3-7,14-15H,2,8-12H2,1H3,(H,19,20,21)/t14-,15+/m0/s1. The summed E-state index contributed by atoms with van der Waals surface area (Å²) in [5, 5.41) is 7.21. The summed E-state index contributed by atoms with van der Waals surface area (Å²) in [6.45, 7) is 4.81. The molecule has 0 unspecified atom stereocenters. The number of carbonyl (C=O) groups excluding carboxylic acids is 1. The first kappa shape index (κ1) is 16.2. The number of aromatic nitrogens is 3. The number of aromatic amines is 1. The lowest BCUT2D eigenvalue weighted by atomic mass is 10.1. The van der Waals surface area contributed by atoms with Crippen molar-refractivity contribution >= 4 is 11.6 Å². The predicted molar refractivity (Wildman–Crippen MR) is 93.2 cm³/mol. The highest BCUT2D eigenvalue weighted by Gasteiger charge is 2.39. The van der Waals surface area contributed by atoms with Gasteiger partial charge < -0.3 is 9.64 Å². The molecule has 0 radical (unpaired) electrons. The Kier molecular flexibility index (Phi) is 4.50. The second-order valence-corrected chi connectivity index (χ2v) is 6.48. The van der Waals surface area contributed by atoms with Gasteiger partial charge >= 0.3 is 0 Å². The number of rotatable bonds is 4. The van der Waals surface area contributed by atoms with E-state index >= 15 is 0 Å². The van der Waals surface area contributed by atoms with Crippen LogP contribution in [0.3, 0.4) is 0 Å². The van der Waals surface area contributed by atoms with Crippen LogP contribution < -0.4 is 4.90 Å². The lowest BCUT2D eigenvalue weighted by Gasteiger charge is -2.34. The third-order valence-corrected chi connectivity index (χ3v) is 4.96. The minimum atomic E-state index is -0.177. The number of nitrogens with zero attached hydrogens (tertiary/aromatic N) is 4. The van der Waals surface area contributed by atoms with Gasteiger partial charge in [0, 0.05) is 31.7 Å². The molecule has 2 fully saturated rings. The Hall–Kier alpha value is -2.25. The molecular weight excluding hydrogens is 318 g/mol. The number of morpholine rings is 1. The first-order chi connectivity index (χ1) is 12.3. The van der Waals surface area contributed by atoms with Gasteiger partial charge in [-0.3, -0.25) is 14.8 Å². The fraction of sp³-hybridized carbons (Fsp3) is 0.500. The molecule has 0 aliphatic carbocycles. The van der Waals surface area contributed by atoms with Crippen LogP contribution in [0.25, 0.3) is 0 Å². The van der Waals surface area contributed by atoms with Gasteiger partial charge in [0.05, 0.1) is 12.6 Å². The zero-order valence-electron chi connectivity index (χ0n) is 14.4. The normalized spacial score (nSPS) is 24.8. The summed E-state index contributed by atoms with van der Waals surface area (Å²) in [4.78, 5) is 21.5. The smallest absolute Gasteiger partial charge is 0.244 e. The van der Waals surface area contributed by atoms with Crippen LogP contribution in [0.1, 0.15) is 31.1 Å². The maximum absolute atomic E-state index is 12.9. The monoisotopic (exact) mass is 341 g/mol. The van der Waals surface area contributed by atoms with Crippen molar-refractivity contribution in [2.45, 2.75) is 31.9 Å². The SMILES string of the molecule is CCc1nc([C@H]2CN([C@H]3CCN(c4ccccc4)C3=O)CCO2)n[nH]1. The van der Waals surface area contributed by atoms with E-state index in [0.717, 1.165) is 37.4 Å². The molecule has 2 aliphatic heterocycles. The van der Waals surface area contributed by atoms with Crippen LogP contribution in [0.5, 0.6) is 0 Å². The molecule has 0 saturated carbocycles. The Bertz CT molecular complexity index is 732. The van der Waals surface area contributed by atoms with Gasteiger partial charge in [0.1, 0.15) is 11.9 Å². The van der Waals surface area contributed by atoms with Gasteiger partial charge in [-0.1, -0.05) is 25.1 Å². The average molecular weight is 341 g/mol. The summed E-state index contributed by atoms with van der Waals surface area (Å²) in [6.07, 6.45) is 1.48. The van der Waals surface area contributed by atoms with Gasteiger partial charge in [0.25, 0.3) is 0 Å². The van der Waals surface area contributed by atoms with E-state index in [4.69, 9.17) is 4.74 Å². The van der Waals surface area contributed by atoms with E-state index in [9.17, 15) is 4.79 Å². The molecule has 2 saturated heterocycles. The molecule has 7 nitrogen and oxygen atoms in total. The van der Waals surface area contributed by atoms with E-state index in [-0.39, 0.29) is 18.1 Å². The minimum Gasteiger partial charge on any atom is -0.367 e. The van der Waals surface area contributed by atoms with Crippen molar-refractivity contribution in [1.82, 2.24) is 20.1 Å². The molecule has 7 heteroatoms. The fourth-order valence-electron chi connectivity index (χ4n) is 3.59. The summed E-state index contributed by atoms with van der Waals surface area (Å²) >= 11 is 0. The number of para-hydroxylation sites is 1. The third-order valence-electron chi connectivity index (χ3n) is 4.96. The lowest BCUT2D eigenvalue weighted by molar-refractivity contribution is -0.125. The Balaban J connectivity index is 1.46. The van der Waals surface area contributed by atoms with Crippen molar-refractivity contribution in [3.8, 4) is 0 Å². The molecule has 2 aliphatic rings. The molecule has 0 spiro atoms. The third kappa shape index (κ3) is 3.17. The average Bonchev–Trinajstić information content (AvgIpc) is 3.29. The number of aryl methyl sites for hydroxylation is 1. The van der Waals surface area contributed by atoms with E-state index in [0.29, 0.717) is 19.0 Å². The minimum absolute atomic E-state index is 0.0869. The summed E-state index contributed by atoms with van der Waals surface area (Å²) in [5.74, 6) is 1.73. The molecule has 25 heavy (non-hydrogen) atoms. The highest BCUT2D eigenvalue weighted by Crippen LogP contribution is 2.28. The molecule has 4 rings (SSSR count). The second-order valence-electron chi connectivity index (χ2n) is 6.48. The van der Waals surface area contributed by atoms with Crippen LogP contribution >= 0.6 is 0 Å². The van der Waals surface area contributed by atoms with E-state index < -0.39 is 0 Å². The van der Waals surface area contributed by atoms with Gasteiger partial charge in [0.15, 0.2) is 5.82 Å². The van der Waals surface area contributed by atoms with Crippen molar-refractivity contribution in [2.24, 2.45) is 0 Å². The number of hydrogen-bond donors (Lipinski definition) is 1. The van der Waals surface area contributed by atoms with Crippen molar-refractivity contribution in [3.63, 3.8) is 0 Å². The number of hydrogen-bond acceptors (Lipinski definition) is 5. The highest BCUT2D eigenvalue weighted by molar-refractivity contribution is 5.99. The summed E-state index contributed by atoms with van der Waals surface area (Å²) in [6, 6.07) is 9.79. The van der Waals surface area contributed by atoms with E-state index in [1.807, 2.05) is 42.2 Å². The maximum atomic E-state index is 12.9. The van der Waals surface area contributed by atoms with Gasteiger partial charge in [-0.05, 0) is 18.6 Å². The maximum Gasteiger partial charge on any atom is 0.244 e. The first-order valence-corrected chi connectivity index (χ1v) is 8.89. The van der Waals surface area contributed by atoms with Crippen molar-refractivity contribution < 1.29 is 9.53 Å². The zero-order chi connectivity index (χ0) is 17.2. The topological polar surface area (TPSA) is 74.3 Å². The Labute approximate surface area is 147 Å². The number of amides is 1. The molecule has 2 aromatic rings. The number of benzene rings is 1. The zero-order valence-corrected chi connectivity index (χ0v) is 14.4. The Morgan fingerprint density at radius 3 is 2.88 bits per heavy atom. The molecule has 2 atom stereocenters. The Morgan fingerprint density at radius 2 is 2.12 bits per heavy atom. The Morgan fingerprint density at radius 1 is 1.28 bits per heavy atom. The van der Waals surface area contributed by atoms with Gasteiger partial charge in [-0.15, -0.1) is 0 Å². The molecule has 0 bridgehead atoms. The van der Waals surface area contributed by atoms with Crippen LogP contribution in [0.15, 0.2) is 30.3 Å². The van der Waals surface area contributed by atoms with Crippen LogP contribution in [0.2, 0.25) is 0 Å². The summed E-state index contributed by atoms with van der Waals surface area (Å²) in [5.41, 5.74) is 0.973. The van der Waals surface area contributed by atoms with Gasteiger partial charge in [0.2, 0.25) is 5.91 Å². The number of H-pyrrole nitrogens is 1. The van der Waals surface area contributed by atoms with Crippen molar-refractivity contribution in [2.75, 3.05) is 31.1 Å². The van der Waals surface area contributed by atoms with Crippen molar-refractivity contribution in [3.05, 3.63) is 42.0 Å². The molecule has 1 N–H and O–H groups in total. The molecular formula is C18H23N5O2. The molecule has 1 aromatic heterocycles. The van der Waals surface area contributed by atoms with E-state index in [1.165, 1.54) is 0 Å². The lowest BCUT2D eigenvalue weighted by Crippen LogP contribution is -2.48. The van der Waals surface area contributed by atoms with Gasteiger partial charge in [-0.25, -0.2) is 4.98 Å². The fourth-order valence-corrected chi connectivity index (χ4v) is 3.59. The van der Waals surface area contributed by atoms with E-state index in [1.54, 1.807) is 0 Å². The number of anilines is 1. The summed E-state index contributed by atoms with van der Waals surface area (Å²) in [7, 11) is 0. The molecule has 3 heterocycles.